The highest BCUT2D eigenvalue weighted by atomic mass is 32.2. The van der Waals surface area contributed by atoms with Gasteiger partial charge in [-0.15, -0.1) is 0 Å². The molecule has 0 amide bonds. The van der Waals surface area contributed by atoms with E-state index in [0.717, 1.165) is 12.8 Å². The van der Waals surface area contributed by atoms with E-state index >= 15 is 0 Å². The lowest BCUT2D eigenvalue weighted by Gasteiger charge is -2.29. The molecular weight excluding hydrogens is 282 g/mol. The Labute approximate surface area is 117 Å². The number of carboxylic acid groups (broad SMARTS) is 1. The van der Waals surface area contributed by atoms with Crippen LogP contribution < -0.4 is 4.72 Å². The number of hydrogen-bond donors (Lipinski definition) is 2. The van der Waals surface area contributed by atoms with Gasteiger partial charge in [0, 0.05) is 19.3 Å². The van der Waals surface area contributed by atoms with Gasteiger partial charge in [-0.2, -0.15) is 12.7 Å². The van der Waals surface area contributed by atoms with E-state index in [1.165, 1.54) is 22.6 Å². The molecule has 0 bridgehead atoms. The number of aromatic carboxylic acids is 1. The maximum absolute atomic E-state index is 12.2. The Morgan fingerprint density at radius 1 is 1.45 bits per heavy atom. The van der Waals surface area contributed by atoms with Crippen molar-refractivity contribution in [3.05, 3.63) is 24.0 Å². The molecule has 2 rings (SSSR count). The van der Waals surface area contributed by atoms with E-state index in [2.05, 4.69) is 16.6 Å². The van der Waals surface area contributed by atoms with Gasteiger partial charge in [0.05, 0.1) is 5.69 Å². The summed E-state index contributed by atoms with van der Waals surface area (Å²) in [6, 6.07) is 2.88. The van der Waals surface area contributed by atoms with Crippen LogP contribution in [0.1, 0.15) is 30.3 Å². The summed E-state index contributed by atoms with van der Waals surface area (Å²) in [6.07, 6.45) is 2.92. The summed E-state index contributed by atoms with van der Waals surface area (Å²) in [5.41, 5.74) is -0.319. The molecule has 2 N–H and O–H groups in total. The van der Waals surface area contributed by atoms with Crippen LogP contribution in [0.15, 0.2) is 18.3 Å². The normalized spacial score (nSPS) is 17.9. The molecule has 0 radical (unpaired) electrons. The summed E-state index contributed by atoms with van der Waals surface area (Å²) >= 11 is 0. The third-order valence-electron chi connectivity index (χ3n) is 3.33. The van der Waals surface area contributed by atoms with Crippen molar-refractivity contribution in [3.8, 4) is 0 Å². The Balaban J connectivity index is 2.18. The molecule has 2 heterocycles. The highest BCUT2D eigenvalue weighted by Gasteiger charge is 2.27. The average molecular weight is 299 g/mol. The van der Waals surface area contributed by atoms with E-state index in [-0.39, 0.29) is 11.4 Å². The van der Waals surface area contributed by atoms with Crippen LogP contribution in [0, 0.1) is 5.92 Å². The minimum atomic E-state index is -3.74. The Hall–Kier alpha value is -1.67. The second-order valence-electron chi connectivity index (χ2n) is 4.89. The Morgan fingerprint density at radius 3 is 2.70 bits per heavy atom. The molecule has 8 heteroatoms. The van der Waals surface area contributed by atoms with Crippen molar-refractivity contribution in [1.29, 1.82) is 0 Å². The summed E-state index contributed by atoms with van der Waals surface area (Å²) in [5.74, 6) is -0.759. The van der Waals surface area contributed by atoms with Gasteiger partial charge in [0.1, 0.15) is 0 Å². The van der Waals surface area contributed by atoms with Crippen molar-refractivity contribution in [2.45, 2.75) is 19.8 Å². The first-order valence-corrected chi connectivity index (χ1v) is 7.80. The molecule has 20 heavy (non-hydrogen) atoms. The van der Waals surface area contributed by atoms with Crippen LogP contribution >= 0.6 is 0 Å². The summed E-state index contributed by atoms with van der Waals surface area (Å²) in [5, 5.41) is 9.00. The van der Waals surface area contributed by atoms with Crippen molar-refractivity contribution < 1.29 is 18.3 Å². The average Bonchev–Trinajstić information content (AvgIpc) is 2.39. The molecule has 0 spiro atoms. The first-order valence-electron chi connectivity index (χ1n) is 6.36. The van der Waals surface area contributed by atoms with Gasteiger partial charge in [0.2, 0.25) is 0 Å². The quantitative estimate of drug-likeness (QED) is 0.869. The van der Waals surface area contributed by atoms with Crippen LogP contribution in [0.4, 0.5) is 5.69 Å². The molecule has 1 aromatic rings. The number of piperidine rings is 1. The van der Waals surface area contributed by atoms with E-state index < -0.39 is 16.2 Å². The molecular formula is C12H17N3O4S. The first-order chi connectivity index (χ1) is 9.40. The second kappa shape index (κ2) is 5.76. The SMILES string of the molecule is CC1CCN(S(=O)(=O)Nc2cccnc2C(=O)O)CC1. The Kier molecular flexibility index (Phi) is 4.24. The molecule has 1 saturated heterocycles. The van der Waals surface area contributed by atoms with Crippen LogP contribution in [0.25, 0.3) is 0 Å². The second-order valence-corrected chi connectivity index (χ2v) is 6.56. The molecule has 1 aliphatic heterocycles. The van der Waals surface area contributed by atoms with Gasteiger partial charge >= 0.3 is 16.2 Å². The predicted molar refractivity (Wildman–Crippen MR) is 73.7 cm³/mol. The monoisotopic (exact) mass is 299 g/mol. The molecule has 1 fully saturated rings. The molecule has 1 aromatic heterocycles. The largest absolute Gasteiger partial charge is 0.476 e. The van der Waals surface area contributed by atoms with Gasteiger partial charge in [-0.3, -0.25) is 4.72 Å². The molecule has 0 unspecified atom stereocenters. The fourth-order valence-corrected chi connectivity index (χ4v) is 3.35. The highest BCUT2D eigenvalue weighted by Crippen LogP contribution is 2.21. The minimum absolute atomic E-state index is 0.0152. The molecule has 7 nitrogen and oxygen atoms in total. The van der Waals surface area contributed by atoms with Crippen molar-refractivity contribution in [3.63, 3.8) is 0 Å². The Bertz CT molecular complexity index is 594. The number of carbonyl (C=O) groups is 1. The van der Waals surface area contributed by atoms with E-state index in [4.69, 9.17) is 5.11 Å². The summed E-state index contributed by atoms with van der Waals surface area (Å²) in [4.78, 5) is 14.7. The van der Waals surface area contributed by atoms with E-state index in [0.29, 0.717) is 19.0 Å². The zero-order valence-electron chi connectivity index (χ0n) is 11.1. The zero-order valence-corrected chi connectivity index (χ0v) is 11.9. The minimum Gasteiger partial charge on any atom is -0.476 e. The van der Waals surface area contributed by atoms with Crippen molar-refractivity contribution >= 4 is 21.9 Å². The van der Waals surface area contributed by atoms with Gasteiger partial charge in [0.15, 0.2) is 5.69 Å². The van der Waals surface area contributed by atoms with Crippen LogP contribution in [-0.2, 0) is 10.2 Å². The van der Waals surface area contributed by atoms with Gasteiger partial charge in [-0.25, -0.2) is 9.78 Å². The van der Waals surface area contributed by atoms with E-state index in [1.54, 1.807) is 0 Å². The van der Waals surface area contributed by atoms with Gasteiger partial charge in [-0.1, -0.05) is 6.92 Å². The molecule has 0 aliphatic carbocycles. The third kappa shape index (κ3) is 3.26. The van der Waals surface area contributed by atoms with Gasteiger partial charge < -0.3 is 5.11 Å². The standard InChI is InChI=1S/C12H17N3O4S/c1-9-4-7-15(8-5-9)20(18,19)14-10-3-2-6-13-11(10)12(16)17/h2-3,6,9,14H,4-5,7-8H2,1H3,(H,16,17). The number of nitrogens with one attached hydrogen (secondary N) is 1. The van der Waals surface area contributed by atoms with Crippen LogP contribution in [-0.4, -0.2) is 41.9 Å². The predicted octanol–water partition coefficient (Wildman–Crippen LogP) is 1.17. The fraction of sp³-hybridized carbons (Fsp3) is 0.500. The summed E-state index contributed by atoms with van der Waals surface area (Å²) < 4.78 is 28.1. The lowest BCUT2D eigenvalue weighted by molar-refractivity contribution is 0.0692. The Morgan fingerprint density at radius 2 is 2.10 bits per heavy atom. The molecule has 1 aliphatic rings. The zero-order chi connectivity index (χ0) is 14.8. The highest BCUT2D eigenvalue weighted by molar-refractivity contribution is 7.90. The smallest absolute Gasteiger partial charge is 0.356 e. The molecule has 0 aromatic carbocycles. The van der Waals surface area contributed by atoms with Crippen molar-refractivity contribution in [2.75, 3.05) is 17.8 Å². The van der Waals surface area contributed by atoms with E-state index in [9.17, 15) is 13.2 Å². The third-order valence-corrected chi connectivity index (χ3v) is 4.85. The van der Waals surface area contributed by atoms with Crippen LogP contribution in [0.5, 0.6) is 0 Å². The fourth-order valence-electron chi connectivity index (χ4n) is 2.09. The maximum atomic E-state index is 12.2. The topological polar surface area (TPSA) is 99.6 Å². The number of carboxylic acids is 1. The molecule has 0 atom stereocenters. The first kappa shape index (κ1) is 14.7. The van der Waals surface area contributed by atoms with Crippen molar-refractivity contribution in [1.82, 2.24) is 9.29 Å². The summed E-state index contributed by atoms with van der Waals surface area (Å²) in [7, 11) is -3.74. The van der Waals surface area contributed by atoms with Crippen LogP contribution in [0.3, 0.4) is 0 Å². The molecule has 110 valence electrons. The number of hydrogen-bond acceptors (Lipinski definition) is 4. The lowest BCUT2D eigenvalue weighted by atomic mass is 10.0. The number of nitrogens with zero attached hydrogens (tertiary/aromatic N) is 2. The maximum Gasteiger partial charge on any atom is 0.356 e. The van der Waals surface area contributed by atoms with Crippen LogP contribution in [0.2, 0.25) is 0 Å². The number of pyridine rings is 1. The number of anilines is 1. The van der Waals surface area contributed by atoms with Crippen molar-refractivity contribution in [2.24, 2.45) is 5.92 Å². The van der Waals surface area contributed by atoms with Gasteiger partial charge in [-0.05, 0) is 30.9 Å². The number of rotatable bonds is 4. The van der Waals surface area contributed by atoms with E-state index in [1.807, 2.05) is 0 Å². The molecule has 0 saturated carbocycles. The lowest BCUT2D eigenvalue weighted by Crippen LogP contribution is -2.41. The summed E-state index contributed by atoms with van der Waals surface area (Å²) in [6.45, 7) is 2.97. The van der Waals surface area contributed by atoms with Gasteiger partial charge in [0.25, 0.3) is 0 Å². The number of aromatic nitrogens is 1.